The summed E-state index contributed by atoms with van der Waals surface area (Å²) < 4.78 is 49.7. The van der Waals surface area contributed by atoms with Crippen LogP contribution in [-0.4, -0.2) is 32.3 Å². The Kier molecular flexibility index (Phi) is 4.29. The Morgan fingerprint density at radius 3 is 2.57 bits per heavy atom. The molecule has 0 spiro atoms. The molecule has 1 aromatic rings. The van der Waals surface area contributed by atoms with Gasteiger partial charge in [0.05, 0.1) is 5.56 Å². The van der Waals surface area contributed by atoms with Crippen LogP contribution >= 0.6 is 0 Å². The molecule has 116 valence electrons. The summed E-state index contributed by atoms with van der Waals surface area (Å²) in [5.41, 5.74) is -0.475. The molecule has 1 fully saturated rings. The van der Waals surface area contributed by atoms with E-state index in [1.807, 2.05) is 6.92 Å². The fourth-order valence-corrected chi connectivity index (χ4v) is 3.04. The summed E-state index contributed by atoms with van der Waals surface area (Å²) in [6.45, 7) is 2.95. The van der Waals surface area contributed by atoms with E-state index in [1.54, 1.807) is 0 Å². The predicted molar refractivity (Wildman–Crippen MR) is 72.0 cm³/mol. The molecule has 1 amide bonds. The highest BCUT2D eigenvalue weighted by Crippen LogP contribution is 2.24. The maximum atomic E-state index is 13.8. The van der Waals surface area contributed by atoms with Gasteiger partial charge in [-0.05, 0) is 18.4 Å². The van der Waals surface area contributed by atoms with Crippen LogP contribution in [0, 0.1) is 17.6 Å². The van der Waals surface area contributed by atoms with Gasteiger partial charge in [-0.15, -0.1) is 0 Å². The Morgan fingerprint density at radius 1 is 1.38 bits per heavy atom. The predicted octanol–water partition coefficient (Wildman–Crippen LogP) is 1.48. The van der Waals surface area contributed by atoms with Crippen molar-refractivity contribution in [3.8, 4) is 0 Å². The lowest BCUT2D eigenvalue weighted by molar-refractivity contribution is 0.0782. The zero-order valence-corrected chi connectivity index (χ0v) is 12.3. The van der Waals surface area contributed by atoms with Gasteiger partial charge in [0.1, 0.15) is 16.5 Å². The average Bonchev–Trinajstić information content (AvgIpc) is 2.85. The fraction of sp³-hybridized carbons (Fsp3) is 0.462. The molecule has 1 aliphatic rings. The molecule has 5 nitrogen and oxygen atoms in total. The molecule has 0 saturated carbocycles. The van der Waals surface area contributed by atoms with E-state index in [0.717, 1.165) is 12.8 Å². The van der Waals surface area contributed by atoms with E-state index in [1.165, 1.54) is 4.90 Å². The number of hydrogen-bond acceptors (Lipinski definition) is 3. The second kappa shape index (κ2) is 5.69. The molecule has 0 bridgehead atoms. The Bertz CT molecular complexity index is 676. The van der Waals surface area contributed by atoms with E-state index >= 15 is 0 Å². The van der Waals surface area contributed by atoms with Crippen LogP contribution in [0.1, 0.15) is 30.1 Å². The summed E-state index contributed by atoms with van der Waals surface area (Å²) in [7, 11) is -4.36. The summed E-state index contributed by atoms with van der Waals surface area (Å²) in [6.07, 6.45) is 1.71. The molecule has 1 saturated heterocycles. The highest BCUT2D eigenvalue weighted by molar-refractivity contribution is 7.89. The minimum atomic E-state index is -4.36. The van der Waals surface area contributed by atoms with Crippen molar-refractivity contribution in [1.82, 2.24) is 4.90 Å². The van der Waals surface area contributed by atoms with E-state index in [-0.39, 0.29) is 0 Å². The van der Waals surface area contributed by atoms with Crippen molar-refractivity contribution in [2.45, 2.75) is 24.7 Å². The third-order valence-electron chi connectivity index (χ3n) is 3.71. The first-order chi connectivity index (χ1) is 9.74. The number of rotatable bonds is 3. The largest absolute Gasteiger partial charge is 0.338 e. The van der Waals surface area contributed by atoms with Crippen molar-refractivity contribution in [1.29, 1.82) is 0 Å². The molecule has 8 heteroatoms. The highest BCUT2D eigenvalue weighted by atomic mass is 32.2. The van der Waals surface area contributed by atoms with Crippen molar-refractivity contribution in [3.63, 3.8) is 0 Å². The lowest BCUT2D eigenvalue weighted by Crippen LogP contribution is -2.30. The van der Waals surface area contributed by atoms with Crippen LogP contribution in [0.3, 0.4) is 0 Å². The van der Waals surface area contributed by atoms with Crippen LogP contribution < -0.4 is 5.14 Å². The van der Waals surface area contributed by atoms with Gasteiger partial charge in [-0.1, -0.05) is 13.3 Å². The zero-order chi connectivity index (χ0) is 15.8. The number of sulfonamides is 1. The van der Waals surface area contributed by atoms with Gasteiger partial charge in [0.25, 0.3) is 5.91 Å². The standard InChI is InChI=1S/C13H16F2N2O3S/c1-2-8-3-4-17(7-8)13(18)9-5-12(21(16,19)20)11(15)6-10(9)14/h5-6,8H,2-4,7H2,1H3,(H2,16,19,20). The summed E-state index contributed by atoms with van der Waals surface area (Å²) >= 11 is 0. The maximum absolute atomic E-state index is 13.8. The van der Waals surface area contributed by atoms with Crippen LogP contribution in [0.2, 0.25) is 0 Å². The SMILES string of the molecule is CCC1CCN(C(=O)c2cc(S(N)(=O)=O)c(F)cc2F)C1. The lowest BCUT2D eigenvalue weighted by Gasteiger charge is -2.17. The van der Waals surface area contributed by atoms with Gasteiger partial charge >= 0.3 is 0 Å². The number of carbonyl (C=O) groups excluding carboxylic acids is 1. The van der Waals surface area contributed by atoms with Crippen LogP contribution in [0.5, 0.6) is 0 Å². The Morgan fingerprint density at radius 2 is 2.05 bits per heavy atom. The second-order valence-electron chi connectivity index (χ2n) is 5.12. The second-order valence-corrected chi connectivity index (χ2v) is 6.65. The number of primary sulfonamides is 1. The minimum absolute atomic E-state index is 0.343. The number of benzene rings is 1. The first kappa shape index (κ1) is 15.8. The molecule has 1 aromatic carbocycles. The van der Waals surface area contributed by atoms with Crippen molar-refractivity contribution >= 4 is 15.9 Å². The summed E-state index contributed by atoms with van der Waals surface area (Å²) in [5.74, 6) is -2.70. The maximum Gasteiger partial charge on any atom is 0.256 e. The van der Waals surface area contributed by atoms with Crippen LogP contribution in [0.15, 0.2) is 17.0 Å². The smallest absolute Gasteiger partial charge is 0.256 e. The van der Waals surface area contributed by atoms with Gasteiger partial charge in [-0.2, -0.15) is 0 Å². The zero-order valence-electron chi connectivity index (χ0n) is 11.5. The number of nitrogens with two attached hydrogens (primary N) is 1. The summed E-state index contributed by atoms with van der Waals surface area (Å²) in [6, 6.07) is 1.04. The highest BCUT2D eigenvalue weighted by Gasteiger charge is 2.29. The van der Waals surface area contributed by atoms with E-state index < -0.39 is 38.0 Å². The molecule has 0 radical (unpaired) electrons. The molecule has 0 aromatic heterocycles. The number of carbonyl (C=O) groups is 1. The van der Waals surface area contributed by atoms with E-state index in [2.05, 4.69) is 0 Å². The van der Waals surface area contributed by atoms with E-state index in [0.29, 0.717) is 31.1 Å². The van der Waals surface area contributed by atoms with Gasteiger partial charge in [-0.3, -0.25) is 4.79 Å². The molecular formula is C13H16F2N2O3S. The summed E-state index contributed by atoms with van der Waals surface area (Å²) in [5, 5.41) is 4.86. The molecule has 1 atom stereocenters. The molecule has 1 heterocycles. The molecule has 1 unspecified atom stereocenters. The van der Waals surface area contributed by atoms with E-state index in [9.17, 15) is 22.0 Å². The number of nitrogens with zero attached hydrogens (tertiary/aromatic N) is 1. The molecule has 0 aliphatic carbocycles. The monoisotopic (exact) mass is 318 g/mol. The van der Waals surface area contributed by atoms with E-state index in [4.69, 9.17) is 5.14 Å². The van der Waals surface area contributed by atoms with Gasteiger partial charge in [0.2, 0.25) is 10.0 Å². The third-order valence-corrected chi connectivity index (χ3v) is 4.63. The van der Waals surface area contributed by atoms with Crippen molar-refractivity contribution < 1.29 is 22.0 Å². The molecule has 2 N–H and O–H groups in total. The Labute approximate surface area is 121 Å². The number of halogens is 2. The molecule has 1 aliphatic heterocycles. The first-order valence-corrected chi connectivity index (χ1v) is 8.09. The van der Waals surface area contributed by atoms with Gasteiger partial charge in [0, 0.05) is 19.2 Å². The van der Waals surface area contributed by atoms with Gasteiger partial charge in [0.15, 0.2) is 0 Å². The van der Waals surface area contributed by atoms with Crippen molar-refractivity contribution in [2.24, 2.45) is 11.1 Å². The van der Waals surface area contributed by atoms with Gasteiger partial charge < -0.3 is 4.90 Å². The fourth-order valence-electron chi connectivity index (χ4n) is 2.43. The quantitative estimate of drug-likeness (QED) is 0.917. The van der Waals surface area contributed by atoms with Gasteiger partial charge in [-0.25, -0.2) is 22.3 Å². The Hall–Kier alpha value is -1.54. The molecule has 21 heavy (non-hydrogen) atoms. The summed E-state index contributed by atoms with van der Waals surface area (Å²) in [4.78, 5) is 12.8. The number of likely N-dealkylation sites (tertiary alicyclic amines) is 1. The minimum Gasteiger partial charge on any atom is -0.338 e. The average molecular weight is 318 g/mol. The van der Waals surface area contributed by atoms with Crippen LogP contribution in [0.4, 0.5) is 8.78 Å². The topological polar surface area (TPSA) is 80.5 Å². The number of amides is 1. The Balaban J connectivity index is 2.38. The normalized spacial score (nSPS) is 19.0. The van der Waals surface area contributed by atoms with Crippen molar-refractivity contribution in [2.75, 3.05) is 13.1 Å². The van der Waals surface area contributed by atoms with Crippen molar-refractivity contribution in [3.05, 3.63) is 29.3 Å². The van der Waals surface area contributed by atoms with Crippen LogP contribution in [0.25, 0.3) is 0 Å². The third kappa shape index (κ3) is 3.21. The lowest BCUT2D eigenvalue weighted by atomic mass is 10.1. The molecule has 2 rings (SSSR count). The first-order valence-electron chi connectivity index (χ1n) is 6.55. The van der Waals surface area contributed by atoms with Crippen LogP contribution in [-0.2, 0) is 10.0 Å². The number of hydrogen-bond donors (Lipinski definition) is 1. The molecular weight excluding hydrogens is 302 g/mol.